The molecule has 2 aromatic carbocycles. The van der Waals surface area contributed by atoms with Crippen molar-refractivity contribution in [3.05, 3.63) is 90.9 Å². The normalized spacial score (nSPS) is 12.0. The fourth-order valence-corrected chi connectivity index (χ4v) is 3.01. The Morgan fingerprint density at radius 2 is 1.62 bits per heavy atom. The molecule has 26 heavy (non-hydrogen) atoms. The number of hydrogen-bond donors (Lipinski definition) is 2. The molecule has 4 aromatic rings. The molecule has 0 amide bonds. The van der Waals surface area contributed by atoms with Gasteiger partial charge in [-0.3, -0.25) is 9.97 Å². The molecule has 2 aromatic heterocycles. The summed E-state index contributed by atoms with van der Waals surface area (Å²) in [7, 11) is 0. The van der Waals surface area contributed by atoms with Crippen molar-refractivity contribution in [1.82, 2.24) is 9.97 Å². The summed E-state index contributed by atoms with van der Waals surface area (Å²) in [4.78, 5) is 8.39. The van der Waals surface area contributed by atoms with Crippen molar-refractivity contribution in [1.29, 1.82) is 0 Å². The van der Waals surface area contributed by atoms with E-state index in [9.17, 15) is 5.11 Å². The minimum atomic E-state index is -0.593. The zero-order chi connectivity index (χ0) is 17.8. The Kier molecular flexibility index (Phi) is 4.58. The van der Waals surface area contributed by atoms with Crippen LogP contribution in [0.1, 0.15) is 11.7 Å². The van der Waals surface area contributed by atoms with Crippen LogP contribution in [0.25, 0.3) is 22.0 Å². The van der Waals surface area contributed by atoms with Gasteiger partial charge in [0.2, 0.25) is 0 Å². The highest BCUT2D eigenvalue weighted by molar-refractivity contribution is 5.90. The first-order valence-electron chi connectivity index (χ1n) is 8.57. The van der Waals surface area contributed by atoms with E-state index in [0.29, 0.717) is 6.54 Å². The lowest BCUT2D eigenvalue weighted by Gasteiger charge is -2.15. The number of aliphatic hydroxyl groups is 1. The van der Waals surface area contributed by atoms with Gasteiger partial charge in [-0.2, -0.15) is 0 Å². The Morgan fingerprint density at radius 1 is 0.846 bits per heavy atom. The molecule has 0 fully saturated rings. The standard InChI is InChI=1S/C22H19N3O/c26-22(15-25-20-11-13-24-21-14-23-12-10-19(20)21)18-8-6-17(7-9-18)16-4-2-1-3-5-16/h1-14,22,26H,15H2,(H,24,25). The maximum absolute atomic E-state index is 10.5. The molecule has 0 saturated heterocycles. The molecule has 0 spiro atoms. The highest BCUT2D eigenvalue weighted by Gasteiger charge is 2.09. The van der Waals surface area contributed by atoms with Crippen molar-refractivity contribution < 1.29 is 5.11 Å². The molecule has 0 aliphatic carbocycles. The molecular weight excluding hydrogens is 322 g/mol. The third-order valence-corrected chi connectivity index (χ3v) is 4.43. The van der Waals surface area contributed by atoms with Gasteiger partial charge in [-0.05, 0) is 28.8 Å². The Morgan fingerprint density at radius 3 is 2.42 bits per heavy atom. The van der Waals surface area contributed by atoms with E-state index in [1.807, 2.05) is 54.6 Å². The maximum atomic E-state index is 10.5. The van der Waals surface area contributed by atoms with Gasteiger partial charge in [0.25, 0.3) is 0 Å². The zero-order valence-electron chi connectivity index (χ0n) is 14.2. The van der Waals surface area contributed by atoms with E-state index in [1.165, 1.54) is 5.56 Å². The summed E-state index contributed by atoms with van der Waals surface area (Å²) in [5.74, 6) is 0. The lowest BCUT2D eigenvalue weighted by Crippen LogP contribution is -2.12. The SMILES string of the molecule is OC(CNc1ccnc2cnccc12)c1ccc(-c2ccccc2)cc1. The van der Waals surface area contributed by atoms with Crippen molar-refractivity contribution in [2.75, 3.05) is 11.9 Å². The van der Waals surface area contributed by atoms with Crippen LogP contribution in [0.5, 0.6) is 0 Å². The summed E-state index contributed by atoms with van der Waals surface area (Å²) < 4.78 is 0. The molecule has 0 radical (unpaired) electrons. The van der Waals surface area contributed by atoms with E-state index in [0.717, 1.165) is 27.7 Å². The third kappa shape index (κ3) is 3.41. The monoisotopic (exact) mass is 341 g/mol. The first kappa shape index (κ1) is 16.2. The molecule has 0 bridgehead atoms. The smallest absolute Gasteiger partial charge is 0.0962 e. The first-order chi connectivity index (χ1) is 12.8. The lowest BCUT2D eigenvalue weighted by molar-refractivity contribution is 0.191. The van der Waals surface area contributed by atoms with Crippen LogP contribution in [0, 0.1) is 0 Å². The number of rotatable bonds is 5. The van der Waals surface area contributed by atoms with Gasteiger partial charge in [0.15, 0.2) is 0 Å². The van der Waals surface area contributed by atoms with Crippen LogP contribution < -0.4 is 5.32 Å². The predicted molar refractivity (Wildman–Crippen MR) is 105 cm³/mol. The molecule has 0 saturated carbocycles. The van der Waals surface area contributed by atoms with Crippen LogP contribution in [0.15, 0.2) is 85.3 Å². The number of aliphatic hydroxyl groups excluding tert-OH is 1. The van der Waals surface area contributed by atoms with Crippen LogP contribution in [0.4, 0.5) is 5.69 Å². The van der Waals surface area contributed by atoms with Gasteiger partial charge in [-0.25, -0.2) is 0 Å². The summed E-state index contributed by atoms with van der Waals surface area (Å²) in [5, 5.41) is 14.8. The largest absolute Gasteiger partial charge is 0.387 e. The highest BCUT2D eigenvalue weighted by Crippen LogP contribution is 2.24. The molecule has 4 heteroatoms. The topological polar surface area (TPSA) is 58.0 Å². The van der Waals surface area contributed by atoms with E-state index in [4.69, 9.17) is 0 Å². The van der Waals surface area contributed by atoms with Gasteiger partial charge < -0.3 is 10.4 Å². The van der Waals surface area contributed by atoms with E-state index in [1.54, 1.807) is 18.6 Å². The minimum absolute atomic E-state index is 0.423. The number of nitrogens with one attached hydrogen (secondary N) is 1. The molecule has 2 heterocycles. The van der Waals surface area contributed by atoms with Gasteiger partial charge in [0.1, 0.15) is 0 Å². The van der Waals surface area contributed by atoms with Gasteiger partial charge >= 0.3 is 0 Å². The third-order valence-electron chi connectivity index (χ3n) is 4.43. The van der Waals surface area contributed by atoms with Crippen LogP contribution in [0.2, 0.25) is 0 Å². The Hall–Kier alpha value is -3.24. The van der Waals surface area contributed by atoms with Crippen molar-refractivity contribution in [2.24, 2.45) is 0 Å². The van der Waals surface area contributed by atoms with Gasteiger partial charge in [-0.15, -0.1) is 0 Å². The quantitative estimate of drug-likeness (QED) is 0.563. The summed E-state index contributed by atoms with van der Waals surface area (Å²) in [5.41, 5.74) is 4.97. The van der Waals surface area contributed by atoms with Crippen molar-refractivity contribution in [3.8, 4) is 11.1 Å². The van der Waals surface area contributed by atoms with Gasteiger partial charge in [0, 0.05) is 30.0 Å². The maximum Gasteiger partial charge on any atom is 0.0962 e. The Bertz CT molecular complexity index is 995. The summed E-state index contributed by atoms with van der Waals surface area (Å²) in [6.07, 6.45) is 4.63. The number of anilines is 1. The summed E-state index contributed by atoms with van der Waals surface area (Å²) >= 11 is 0. The fraction of sp³-hybridized carbons (Fsp3) is 0.0909. The number of fused-ring (bicyclic) bond motifs is 1. The lowest BCUT2D eigenvalue weighted by atomic mass is 10.0. The number of benzene rings is 2. The van der Waals surface area contributed by atoms with Crippen molar-refractivity contribution >= 4 is 16.6 Å². The first-order valence-corrected chi connectivity index (χ1v) is 8.57. The average Bonchev–Trinajstić information content (AvgIpc) is 2.73. The van der Waals surface area contributed by atoms with Crippen LogP contribution in [-0.2, 0) is 0 Å². The van der Waals surface area contributed by atoms with E-state index in [2.05, 4.69) is 27.4 Å². The fourth-order valence-electron chi connectivity index (χ4n) is 3.01. The van der Waals surface area contributed by atoms with E-state index >= 15 is 0 Å². The number of aromatic nitrogens is 2. The Balaban J connectivity index is 1.47. The zero-order valence-corrected chi connectivity index (χ0v) is 14.2. The minimum Gasteiger partial charge on any atom is -0.387 e. The molecule has 1 atom stereocenters. The molecule has 1 unspecified atom stereocenters. The number of nitrogens with zero attached hydrogens (tertiary/aromatic N) is 2. The van der Waals surface area contributed by atoms with Crippen molar-refractivity contribution in [3.63, 3.8) is 0 Å². The molecule has 4 nitrogen and oxygen atoms in total. The second kappa shape index (κ2) is 7.33. The number of pyridine rings is 2. The van der Waals surface area contributed by atoms with E-state index in [-0.39, 0.29) is 0 Å². The molecule has 0 aliphatic rings. The second-order valence-electron chi connectivity index (χ2n) is 6.14. The van der Waals surface area contributed by atoms with E-state index < -0.39 is 6.10 Å². The van der Waals surface area contributed by atoms with Crippen molar-refractivity contribution in [2.45, 2.75) is 6.10 Å². The average molecular weight is 341 g/mol. The van der Waals surface area contributed by atoms with Gasteiger partial charge in [0.05, 0.1) is 17.8 Å². The van der Waals surface area contributed by atoms with Crippen LogP contribution in [-0.4, -0.2) is 21.6 Å². The van der Waals surface area contributed by atoms with Crippen LogP contribution in [0.3, 0.4) is 0 Å². The van der Waals surface area contributed by atoms with Crippen LogP contribution >= 0.6 is 0 Å². The predicted octanol–water partition coefficient (Wildman–Crippen LogP) is 4.44. The highest BCUT2D eigenvalue weighted by atomic mass is 16.3. The second-order valence-corrected chi connectivity index (χ2v) is 6.14. The molecule has 4 rings (SSSR count). The molecular formula is C22H19N3O. The summed E-state index contributed by atoms with van der Waals surface area (Å²) in [6, 6.07) is 22.1. The molecule has 128 valence electrons. The Labute approximate surface area is 152 Å². The molecule has 2 N–H and O–H groups in total. The number of hydrogen-bond acceptors (Lipinski definition) is 4. The van der Waals surface area contributed by atoms with Gasteiger partial charge in [-0.1, -0.05) is 54.6 Å². The summed E-state index contributed by atoms with van der Waals surface area (Å²) in [6.45, 7) is 0.423. The molecule has 0 aliphatic heterocycles.